The number of hydrogen-bond donors (Lipinski definition) is 0. The summed E-state index contributed by atoms with van der Waals surface area (Å²) >= 11 is 6.06. The lowest BCUT2D eigenvalue weighted by Gasteiger charge is -2.07. The van der Waals surface area contributed by atoms with Crippen LogP contribution in [0.5, 0.6) is 0 Å². The maximum Gasteiger partial charge on any atom is 0.341 e. The summed E-state index contributed by atoms with van der Waals surface area (Å²) in [6.07, 6.45) is 1.16. The Morgan fingerprint density at radius 3 is 2.95 bits per heavy atom. The van der Waals surface area contributed by atoms with Crippen LogP contribution >= 0.6 is 11.6 Å². The first-order valence-electron chi connectivity index (χ1n) is 5.43. The fraction of sp³-hybridized carbons (Fsp3) is 0.154. The van der Waals surface area contributed by atoms with Gasteiger partial charge in [-0.2, -0.15) is 5.26 Å². The Balaban J connectivity index is 2.70. The van der Waals surface area contributed by atoms with Crippen LogP contribution in [0.1, 0.15) is 22.8 Å². The van der Waals surface area contributed by atoms with Gasteiger partial charge in [0.25, 0.3) is 0 Å². The second kappa shape index (κ2) is 5.21. The summed E-state index contributed by atoms with van der Waals surface area (Å²) < 4.78 is 18.5. The SMILES string of the molecule is CCOC(=O)c1cnc2c(F)cc(C#N)cc2c1Cl. The van der Waals surface area contributed by atoms with Crippen LogP contribution in [0.15, 0.2) is 18.3 Å². The van der Waals surface area contributed by atoms with Gasteiger partial charge in [-0.25, -0.2) is 9.18 Å². The van der Waals surface area contributed by atoms with Crippen LogP contribution in [0.3, 0.4) is 0 Å². The molecule has 96 valence electrons. The molecule has 1 heterocycles. The van der Waals surface area contributed by atoms with E-state index in [4.69, 9.17) is 21.6 Å². The highest BCUT2D eigenvalue weighted by molar-refractivity contribution is 6.38. The highest BCUT2D eigenvalue weighted by Crippen LogP contribution is 2.28. The fourth-order valence-electron chi connectivity index (χ4n) is 1.64. The molecule has 1 aromatic heterocycles. The molecule has 0 atom stereocenters. The molecule has 0 spiro atoms. The van der Waals surface area contributed by atoms with Gasteiger partial charge in [0, 0.05) is 11.6 Å². The van der Waals surface area contributed by atoms with Gasteiger partial charge in [0.2, 0.25) is 0 Å². The first kappa shape index (κ1) is 13.2. The smallest absolute Gasteiger partial charge is 0.341 e. The minimum absolute atomic E-state index is 0.0112. The molecule has 2 rings (SSSR count). The van der Waals surface area contributed by atoms with E-state index in [1.807, 2.05) is 6.07 Å². The van der Waals surface area contributed by atoms with Crippen LogP contribution in [0.2, 0.25) is 5.02 Å². The lowest BCUT2D eigenvalue weighted by molar-refractivity contribution is 0.0526. The molecular weight excluding hydrogens is 271 g/mol. The van der Waals surface area contributed by atoms with Crippen LogP contribution in [-0.2, 0) is 4.74 Å². The van der Waals surface area contributed by atoms with Crippen LogP contribution in [0, 0.1) is 17.1 Å². The summed E-state index contributed by atoms with van der Waals surface area (Å²) in [6, 6.07) is 4.27. The number of hydrogen-bond acceptors (Lipinski definition) is 4. The Morgan fingerprint density at radius 2 is 2.32 bits per heavy atom. The second-order valence-corrected chi connectivity index (χ2v) is 4.05. The normalized spacial score (nSPS) is 10.2. The lowest BCUT2D eigenvalue weighted by atomic mass is 10.1. The third-order valence-corrected chi connectivity index (χ3v) is 2.89. The van der Waals surface area contributed by atoms with E-state index in [0.29, 0.717) is 0 Å². The quantitative estimate of drug-likeness (QED) is 0.792. The highest BCUT2D eigenvalue weighted by atomic mass is 35.5. The molecule has 1 aromatic carbocycles. The zero-order chi connectivity index (χ0) is 14.0. The number of ether oxygens (including phenoxy) is 1. The molecule has 0 unspecified atom stereocenters. The van der Waals surface area contributed by atoms with Crippen molar-refractivity contribution in [1.29, 1.82) is 5.26 Å². The monoisotopic (exact) mass is 278 g/mol. The van der Waals surface area contributed by atoms with Crippen molar-refractivity contribution in [2.45, 2.75) is 6.92 Å². The summed E-state index contributed by atoms with van der Waals surface area (Å²) in [5.74, 6) is -1.30. The molecule has 19 heavy (non-hydrogen) atoms. The van der Waals surface area contributed by atoms with Crippen LogP contribution in [0.4, 0.5) is 4.39 Å². The van der Waals surface area contributed by atoms with Crippen molar-refractivity contribution in [3.8, 4) is 6.07 Å². The average molecular weight is 279 g/mol. The van der Waals surface area contributed by atoms with Crippen molar-refractivity contribution in [3.05, 3.63) is 40.3 Å². The highest BCUT2D eigenvalue weighted by Gasteiger charge is 2.17. The van der Waals surface area contributed by atoms with E-state index in [2.05, 4.69) is 4.98 Å². The molecule has 2 aromatic rings. The predicted octanol–water partition coefficient (Wildman–Crippen LogP) is 3.08. The number of benzene rings is 1. The Labute approximate surface area is 113 Å². The molecule has 6 heteroatoms. The molecule has 0 fully saturated rings. The van der Waals surface area contributed by atoms with Crippen molar-refractivity contribution in [3.63, 3.8) is 0 Å². The Morgan fingerprint density at radius 1 is 1.58 bits per heavy atom. The first-order valence-corrected chi connectivity index (χ1v) is 5.81. The van der Waals surface area contributed by atoms with E-state index in [-0.39, 0.29) is 33.7 Å². The first-order chi connectivity index (χ1) is 9.08. The number of carbonyl (C=O) groups is 1. The number of esters is 1. The lowest BCUT2D eigenvalue weighted by Crippen LogP contribution is -2.06. The van der Waals surface area contributed by atoms with Gasteiger partial charge in [-0.3, -0.25) is 4.98 Å². The number of rotatable bonds is 2. The van der Waals surface area contributed by atoms with E-state index < -0.39 is 11.8 Å². The predicted molar refractivity (Wildman–Crippen MR) is 67.4 cm³/mol. The summed E-state index contributed by atoms with van der Waals surface area (Å²) in [5, 5.41) is 9.04. The Bertz CT molecular complexity index is 710. The van der Waals surface area contributed by atoms with E-state index in [0.717, 1.165) is 12.3 Å². The maximum atomic E-state index is 13.7. The van der Waals surface area contributed by atoms with Gasteiger partial charge >= 0.3 is 5.97 Å². The van der Waals surface area contributed by atoms with Gasteiger partial charge in [0.05, 0.1) is 28.8 Å². The molecule has 0 bridgehead atoms. The molecular formula is C13H8ClFN2O2. The average Bonchev–Trinajstić information content (AvgIpc) is 2.39. The molecule has 0 amide bonds. The number of aromatic nitrogens is 1. The van der Waals surface area contributed by atoms with Gasteiger partial charge in [0.1, 0.15) is 5.52 Å². The van der Waals surface area contributed by atoms with Gasteiger partial charge in [-0.05, 0) is 19.1 Å². The van der Waals surface area contributed by atoms with Gasteiger partial charge in [-0.1, -0.05) is 11.6 Å². The molecule has 0 N–H and O–H groups in total. The third kappa shape index (κ3) is 2.35. The summed E-state index contributed by atoms with van der Waals surface area (Å²) in [6.45, 7) is 1.85. The number of halogens is 2. The van der Waals surface area contributed by atoms with Crippen LogP contribution in [-0.4, -0.2) is 17.6 Å². The van der Waals surface area contributed by atoms with Crippen molar-refractivity contribution < 1.29 is 13.9 Å². The van der Waals surface area contributed by atoms with E-state index >= 15 is 0 Å². The van der Waals surface area contributed by atoms with Crippen LogP contribution in [0.25, 0.3) is 10.9 Å². The number of nitriles is 1. The Kier molecular flexibility index (Phi) is 3.63. The largest absolute Gasteiger partial charge is 0.462 e. The van der Waals surface area contributed by atoms with Gasteiger partial charge in [0.15, 0.2) is 5.82 Å². The van der Waals surface area contributed by atoms with Crippen molar-refractivity contribution in [2.75, 3.05) is 6.61 Å². The molecule has 0 saturated heterocycles. The molecule has 0 aliphatic carbocycles. The third-order valence-electron chi connectivity index (χ3n) is 2.48. The van der Waals surface area contributed by atoms with E-state index in [1.54, 1.807) is 6.92 Å². The minimum Gasteiger partial charge on any atom is -0.462 e. The number of fused-ring (bicyclic) bond motifs is 1. The minimum atomic E-state index is -0.661. The maximum absolute atomic E-state index is 13.7. The van der Waals surface area contributed by atoms with E-state index in [1.165, 1.54) is 6.07 Å². The van der Waals surface area contributed by atoms with Crippen molar-refractivity contribution in [2.24, 2.45) is 0 Å². The van der Waals surface area contributed by atoms with Crippen LogP contribution < -0.4 is 0 Å². The number of nitrogens with zero attached hydrogens (tertiary/aromatic N) is 2. The molecule has 0 radical (unpaired) electrons. The van der Waals surface area contributed by atoms with Gasteiger partial charge in [-0.15, -0.1) is 0 Å². The molecule has 0 aliphatic rings. The fourth-order valence-corrected chi connectivity index (χ4v) is 1.91. The summed E-state index contributed by atoms with van der Waals surface area (Å²) in [7, 11) is 0. The molecule has 0 saturated carbocycles. The van der Waals surface area contributed by atoms with E-state index in [9.17, 15) is 9.18 Å². The second-order valence-electron chi connectivity index (χ2n) is 3.67. The van der Waals surface area contributed by atoms with Crippen molar-refractivity contribution >= 4 is 28.5 Å². The zero-order valence-electron chi connectivity index (χ0n) is 9.91. The number of carbonyl (C=O) groups excluding carboxylic acids is 1. The standard InChI is InChI=1S/C13H8ClFN2O2/c1-2-19-13(18)9-6-17-12-8(11(9)14)3-7(5-16)4-10(12)15/h3-4,6H,2H2,1H3. The van der Waals surface area contributed by atoms with Crippen molar-refractivity contribution in [1.82, 2.24) is 4.98 Å². The molecule has 0 aliphatic heterocycles. The van der Waals surface area contributed by atoms with Gasteiger partial charge < -0.3 is 4.74 Å². The summed E-state index contributed by atoms with van der Waals surface area (Å²) in [4.78, 5) is 15.5. The zero-order valence-corrected chi connectivity index (χ0v) is 10.7. The topological polar surface area (TPSA) is 63.0 Å². The number of pyridine rings is 1. The Hall–Kier alpha value is -2.19. The summed E-state index contributed by atoms with van der Waals surface area (Å²) in [5.41, 5.74) is 0.164. The molecule has 4 nitrogen and oxygen atoms in total.